The zero-order chi connectivity index (χ0) is 27.0. The fourth-order valence-corrected chi connectivity index (χ4v) is 9.41. The summed E-state index contributed by atoms with van der Waals surface area (Å²) in [5.41, 5.74) is 0.654. The summed E-state index contributed by atoms with van der Waals surface area (Å²) in [6, 6.07) is 0. The van der Waals surface area contributed by atoms with Gasteiger partial charge in [0.25, 0.3) is 0 Å². The van der Waals surface area contributed by atoms with Crippen LogP contribution in [0, 0.1) is 39.4 Å². The minimum absolute atomic E-state index is 0.00459. The fraction of sp³-hybridized carbons (Fsp3) is 0.800. The van der Waals surface area contributed by atoms with Crippen LogP contribution in [0.25, 0.3) is 0 Å². The molecule has 9 atom stereocenters. The summed E-state index contributed by atoms with van der Waals surface area (Å²) in [6.07, 6.45) is 4.03. The lowest BCUT2D eigenvalue weighted by atomic mass is 9.43. The molecule has 0 saturated heterocycles. The van der Waals surface area contributed by atoms with Crippen molar-refractivity contribution in [3.63, 3.8) is 0 Å². The molecule has 4 aliphatic carbocycles. The molecule has 0 spiro atoms. The number of aliphatic hydroxyl groups excluding tert-OH is 3. The lowest BCUT2D eigenvalue weighted by Gasteiger charge is -2.61. The molecule has 0 aromatic carbocycles. The Hall–Kier alpha value is -1.50. The van der Waals surface area contributed by atoms with Crippen molar-refractivity contribution in [3.05, 3.63) is 22.8 Å². The molecule has 1 unspecified atom stereocenters. The van der Waals surface area contributed by atoms with E-state index in [2.05, 4.69) is 41.5 Å². The Balaban J connectivity index is 1.72. The summed E-state index contributed by atoms with van der Waals surface area (Å²) in [5, 5.41) is 42.2. The maximum atomic E-state index is 14.1. The third kappa shape index (κ3) is 3.69. The normalized spacial score (nSPS) is 43.9. The van der Waals surface area contributed by atoms with E-state index in [1.165, 1.54) is 13.0 Å². The third-order valence-corrected chi connectivity index (χ3v) is 11.7. The van der Waals surface area contributed by atoms with Gasteiger partial charge < -0.3 is 20.4 Å². The number of aliphatic hydroxyl groups is 3. The van der Waals surface area contributed by atoms with Gasteiger partial charge in [0, 0.05) is 23.0 Å². The number of hydrogen-bond acceptors (Lipinski definition) is 5. The Morgan fingerprint density at radius 2 is 1.75 bits per heavy atom. The van der Waals surface area contributed by atoms with Crippen LogP contribution in [0.4, 0.5) is 0 Å². The molecule has 4 aliphatic rings. The summed E-state index contributed by atoms with van der Waals surface area (Å²) in [5.74, 6) is -0.601. The van der Waals surface area contributed by atoms with E-state index in [4.69, 9.17) is 5.11 Å². The first-order valence-corrected chi connectivity index (χ1v) is 13.7. The lowest BCUT2D eigenvalue weighted by Crippen LogP contribution is -2.58. The summed E-state index contributed by atoms with van der Waals surface area (Å²) >= 11 is 0. The molecule has 0 heterocycles. The number of carbonyl (C=O) groups is 2. The number of carboxylic acids is 1. The predicted molar refractivity (Wildman–Crippen MR) is 138 cm³/mol. The number of hydrogen-bond donors (Lipinski definition) is 4. The second-order valence-electron chi connectivity index (χ2n) is 13.8. The second-order valence-corrected chi connectivity index (χ2v) is 13.8. The number of allylic oxidation sites excluding steroid dienone is 1. The largest absolute Gasteiger partial charge is 0.478 e. The van der Waals surface area contributed by atoms with Crippen LogP contribution in [0.1, 0.15) is 93.4 Å². The highest BCUT2D eigenvalue weighted by Crippen LogP contribution is 2.71. The molecule has 0 aliphatic heterocycles. The maximum absolute atomic E-state index is 14.1. The average Bonchev–Trinajstić information content (AvgIpc) is 2.97. The molecule has 0 radical (unpaired) electrons. The van der Waals surface area contributed by atoms with Crippen LogP contribution < -0.4 is 0 Å². The highest BCUT2D eigenvalue weighted by Gasteiger charge is 2.68. The molecule has 0 aromatic rings. The number of Topliss-reactive ketones (excluding diaryl/α,β-unsaturated/α-hetero) is 1. The van der Waals surface area contributed by atoms with Gasteiger partial charge in [0.1, 0.15) is 0 Å². The van der Waals surface area contributed by atoms with Crippen LogP contribution in [-0.2, 0) is 9.59 Å². The van der Waals surface area contributed by atoms with Gasteiger partial charge >= 0.3 is 5.97 Å². The SMILES string of the molecule is C/C(=C\C(O)C[C@@H](C)[C@H]1C[C@H](O)[C@@]2(C)C3=C(C(=O)C[C@]12C)[C@@]1(C)CC[C@H](O)C(C)(C)[C@@H]1CC3)C(=O)O. The Bertz CT molecular complexity index is 1010. The first kappa shape index (κ1) is 27.5. The van der Waals surface area contributed by atoms with E-state index in [-0.39, 0.29) is 46.0 Å². The van der Waals surface area contributed by atoms with Crippen molar-refractivity contribution in [2.24, 2.45) is 39.4 Å². The zero-order valence-electron chi connectivity index (χ0n) is 23.1. The van der Waals surface area contributed by atoms with Gasteiger partial charge in [-0.15, -0.1) is 0 Å². The van der Waals surface area contributed by atoms with Gasteiger partial charge in [-0.25, -0.2) is 4.79 Å². The van der Waals surface area contributed by atoms with Crippen molar-refractivity contribution in [1.29, 1.82) is 0 Å². The molecule has 0 bridgehead atoms. The summed E-state index contributed by atoms with van der Waals surface area (Å²) < 4.78 is 0. The summed E-state index contributed by atoms with van der Waals surface area (Å²) in [7, 11) is 0. The smallest absolute Gasteiger partial charge is 0.331 e. The van der Waals surface area contributed by atoms with Crippen LogP contribution in [0.15, 0.2) is 22.8 Å². The third-order valence-electron chi connectivity index (χ3n) is 11.7. The Morgan fingerprint density at radius 3 is 2.36 bits per heavy atom. The van der Waals surface area contributed by atoms with Crippen molar-refractivity contribution < 1.29 is 30.0 Å². The van der Waals surface area contributed by atoms with Gasteiger partial charge in [-0.05, 0) is 85.5 Å². The van der Waals surface area contributed by atoms with Crippen LogP contribution in [-0.4, -0.2) is 50.5 Å². The van der Waals surface area contributed by atoms with Gasteiger partial charge in [-0.2, -0.15) is 0 Å². The Morgan fingerprint density at radius 1 is 1.11 bits per heavy atom. The lowest BCUT2D eigenvalue weighted by molar-refractivity contribution is -0.134. The van der Waals surface area contributed by atoms with E-state index in [1.807, 2.05) is 0 Å². The summed E-state index contributed by atoms with van der Waals surface area (Å²) in [6.45, 7) is 14.3. The van der Waals surface area contributed by atoms with E-state index in [1.54, 1.807) is 0 Å². The fourth-order valence-electron chi connectivity index (χ4n) is 9.41. The number of ketones is 1. The van der Waals surface area contributed by atoms with Gasteiger partial charge in [-0.1, -0.05) is 47.1 Å². The molecule has 4 N–H and O–H groups in total. The monoisotopic (exact) mass is 502 g/mol. The van der Waals surface area contributed by atoms with Crippen molar-refractivity contribution in [2.45, 2.75) is 112 Å². The molecule has 4 rings (SSSR count). The summed E-state index contributed by atoms with van der Waals surface area (Å²) in [4.78, 5) is 25.2. The average molecular weight is 503 g/mol. The van der Waals surface area contributed by atoms with Crippen LogP contribution in [0.3, 0.4) is 0 Å². The minimum atomic E-state index is -1.04. The van der Waals surface area contributed by atoms with E-state index in [9.17, 15) is 24.9 Å². The zero-order valence-corrected chi connectivity index (χ0v) is 23.1. The highest BCUT2D eigenvalue weighted by atomic mass is 16.4. The van der Waals surface area contributed by atoms with Gasteiger partial charge in [-0.3, -0.25) is 4.79 Å². The number of rotatable bonds is 5. The molecular formula is C30H46O6. The number of carboxylic acid groups (broad SMARTS) is 1. The van der Waals surface area contributed by atoms with Crippen molar-refractivity contribution in [2.75, 3.05) is 0 Å². The van der Waals surface area contributed by atoms with E-state index < -0.39 is 29.0 Å². The first-order valence-electron chi connectivity index (χ1n) is 13.7. The molecule has 6 nitrogen and oxygen atoms in total. The highest BCUT2D eigenvalue weighted by molar-refractivity contribution is 6.00. The molecule has 2 saturated carbocycles. The molecule has 202 valence electrons. The van der Waals surface area contributed by atoms with E-state index >= 15 is 0 Å². The van der Waals surface area contributed by atoms with Crippen molar-refractivity contribution in [3.8, 4) is 0 Å². The molecule has 6 heteroatoms. The Kier molecular flexibility index (Phi) is 6.71. The van der Waals surface area contributed by atoms with E-state index in [0.29, 0.717) is 25.7 Å². The maximum Gasteiger partial charge on any atom is 0.331 e. The van der Waals surface area contributed by atoms with Crippen LogP contribution >= 0.6 is 0 Å². The minimum Gasteiger partial charge on any atom is -0.478 e. The number of carbonyl (C=O) groups excluding carboxylic acids is 1. The standard InChI is InChI=1S/C30H46O6/c1-16(12-18(31)13-17(2)26(35)36)20-14-24(34)30(7)19-8-9-22-27(3,4)23(33)10-11-28(22,5)25(19)21(32)15-29(20,30)6/h13,16,18,20,22-24,31,33-34H,8-12,14-15H2,1-7H3,(H,35,36)/b17-13+/t16-,18?,20-,22+,23+,24+,28+,29-,30-/m1/s1. The second kappa shape index (κ2) is 8.78. The molecule has 36 heavy (non-hydrogen) atoms. The van der Waals surface area contributed by atoms with Gasteiger partial charge in [0.15, 0.2) is 5.78 Å². The number of aliphatic carboxylic acids is 1. The molecule has 0 aromatic heterocycles. The van der Waals surface area contributed by atoms with Crippen molar-refractivity contribution in [1.82, 2.24) is 0 Å². The van der Waals surface area contributed by atoms with Gasteiger partial charge in [0.05, 0.1) is 18.3 Å². The molecule has 0 amide bonds. The quantitative estimate of drug-likeness (QED) is 0.406. The van der Waals surface area contributed by atoms with Crippen LogP contribution in [0.2, 0.25) is 0 Å². The topological polar surface area (TPSA) is 115 Å². The Labute approximate surface area is 215 Å². The van der Waals surface area contributed by atoms with Crippen LogP contribution in [0.5, 0.6) is 0 Å². The molecular weight excluding hydrogens is 456 g/mol. The van der Waals surface area contributed by atoms with Crippen molar-refractivity contribution >= 4 is 11.8 Å². The first-order chi connectivity index (χ1) is 16.5. The number of fused-ring (bicyclic) bond motifs is 4. The molecule has 2 fully saturated rings. The predicted octanol–water partition coefficient (Wildman–Crippen LogP) is 4.66. The van der Waals surface area contributed by atoms with Gasteiger partial charge in [0.2, 0.25) is 0 Å². The van der Waals surface area contributed by atoms with E-state index in [0.717, 1.165) is 30.4 Å².